The van der Waals surface area contributed by atoms with Gasteiger partial charge in [-0.2, -0.15) is 0 Å². The van der Waals surface area contributed by atoms with Gasteiger partial charge in [0.05, 0.1) is 13.2 Å². The lowest BCUT2D eigenvalue weighted by atomic mass is 10.2. The summed E-state index contributed by atoms with van der Waals surface area (Å²) in [5.74, 6) is 0. The fourth-order valence-electron chi connectivity index (χ4n) is 1.35. The lowest BCUT2D eigenvalue weighted by Gasteiger charge is -2.20. The molecule has 0 fully saturated rings. The summed E-state index contributed by atoms with van der Waals surface area (Å²) < 4.78 is 5.00. The van der Waals surface area contributed by atoms with Gasteiger partial charge in [0.25, 0.3) is 0 Å². The van der Waals surface area contributed by atoms with Crippen molar-refractivity contribution < 1.29 is 9.84 Å². The highest BCUT2D eigenvalue weighted by molar-refractivity contribution is 4.57. The van der Waals surface area contributed by atoms with Crippen LogP contribution in [0.15, 0.2) is 0 Å². The predicted molar refractivity (Wildman–Crippen MR) is 58.3 cm³/mol. The number of nitrogens with two attached hydrogens (primary N) is 1. The van der Waals surface area contributed by atoms with E-state index in [4.69, 9.17) is 15.6 Å². The van der Waals surface area contributed by atoms with Crippen molar-refractivity contribution in [2.75, 3.05) is 46.5 Å². The Hall–Kier alpha value is -0.160. The second-order valence-electron chi connectivity index (χ2n) is 3.41. The zero-order chi connectivity index (χ0) is 10.6. The molecule has 0 atom stereocenters. The molecular weight excluding hydrogens is 180 g/mol. The van der Waals surface area contributed by atoms with E-state index < -0.39 is 0 Å². The summed E-state index contributed by atoms with van der Waals surface area (Å²) in [6.45, 7) is 4.41. The zero-order valence-corrected chi connectivity index (χ0v) is 9.24. The van der Waals surface area contributed by atoms with Gasteiger partial charge in [-0.25, -0.2) is 0 Å². The number of nitrogens with zero attached hydrogens (tertiary/aromatic N) is 1. The third-order valence-electron chi connectivity index (χ3n) is 2.21. The molecule has 4 nitrogen and oxygen atoms in total. The Balaban J connectivity index is 3.40. The zero-order valence-electron chi connectivity index (χ0n) is 9.24. The normalized spacial score (nSPS) is 11.1. The highest BCUT2D eigenvalue weighted by Gasteiger charge is 2.02. The fourth-order valence-corrected chi connectivity index (χ4v) is 1.35. The Morgan fingerprint density at radius 1 is 1.14 bits per heavy atom. The summed E-state index contributed by atoms with van der Waals surface area (Å²) in [5, 5.41) is 8.84. The van der Waals surface area contributed by atoms with Crippen LogP contribution in [-0.4, -0.2) is 56.5 Å². The first-order valence-electron chi connectivity index (χ1n) is 5.37. The molecule has 14 heavy (non-hydrogen) atoms. The second-order valence-corrected chi connectivity index (χ2v) is 3.41. The van der Waals surface area contributed by atoms with Gasteiger partial charge in [0, 0.05) is 20.2 Å². The van der Waals surface area contributed by atoms with Gasteiger partial charge in [0.2, 0.25) is 0 Å². The molecule has 4 heteroatoms. The summed E-state index contributed by atoms with van der Waals surface area (Å²) in [6.07, 6.45) is 3.42. The third-order valence-corrected chi connectivity index (χ3v) is 2.21. The quantitative estimate of drug-likeness (QED) is 0.494. The first-order valence-corrected chi connectivity index (χ1v) is 5.37. The minimum atomic E-state index is 0.223. The number of aliphatic hydroxyl groups is 1. The van der Waals surface area contributed by atoms with E-state index >= 15 is 0 Å². The van der Waals surface area contributed by atoms with Crippen LogP contribution < -0.4 is 5.73 Å². The molecule has 0 aliphatic rings. The average molecular weight is 204 g/mol. The van der Waals surface area contributed by atoms with E-state index in [9.17, 15) is 0 Å². The Morgan fingerprint density at radius 3 is 2.50 bits per heavy atom. The van der Waals surface area contributed by atoms with Gasteiger partial charge in [0.15, 0.2) is 0 Å². The smallest absolute Gasteiger partial charge is 0.0589 e. The van der Waals surface area contributed by atoms with E-state index in [1.807, 2.05) is 0 Å². The number of ether oxygens (including phenoxy) is 1. The Morgan fingerprint density at radius 2 is 1.93 bits per heavy atom. The molecule has 0 rings (SSSR count). The summed E-state index contributed by atoms with van der Waals surface area (Å²) >= 11 is 0. The van der Waals surface area contributed by atoms with E-state index in [0.717, 1.165) is 45.6 Å². The first kappa shape index (κ1) is 13.8. The van der Waals surface area contributed by atoms with Crippen LogP contribution in [0.4, 0.5) is 0 Å². The Labute approximate surface area is 87.0 Å². The van der Waals surface area contributed by atoms with Crippen LogP contribution in [0.5, 0.6) is 0 Å². The van der Waals surface area contributed by atoms with E-state index in [2.05, 4.69) is 4.90 Å². The number of rotatable bonds is 10. The van der Waals surface area contributed by atoms with Crippen molar-refractivity contribution in [3.8, 4) is 0 Å². The van der Waals surface area contributed by atoms with Crippen molar-refractivity contribution in [2.45, 2.75) is 19.3 Å². The molecule has 0 heterocycles. The molecule has 86 valence electrons. The number of hydrogen-bond acceptors (Lipinski definition) is 4. The minimum Gasteiger partial charge on any atom is -0.395 e. The SMILES string of the molecule is COCCN(CCO)CCCCCN. The van der Waals surface area contributed by atoms with Crippen molar-refractivity contribution in [3.05, 3.63) is 0 Å². The number of aliphatic hydroxyl groups excluding tert-OH is 1. The van der Waals surface area contributed by atoms with Crippen LogP contribution in [0.1, 0.15) is 19.3 Å². The van der Waals surface area contributed by atoms with Gasteiger partial charge in [-0.15, -0.1) is 0 Å². The van der Waals surface area contributed by atoms with Crippen LogP contribution in [0.25, 0.3) is 0 Å². The maximum Gasteiger partial charge on any atom is 0.0589 e. The molecule has 0 radical (unpaired) electrons. The van der Waals surface area contributed by atoms with Crippen molar-refractivity contribution >= 4 is 0 Å². The molecule has 0 spiro atoms. The van der Waals surface area contributed by atoms with E-state index in [1.54, 1.807) is 7.11 Å². The molecule has 0 bridgehead atoms. The highest BCUT2D eigenvalue weighted by Crippen LogP contribution is 1.97. The van der Waals surface area contributed by atoms with Crippen LogP contribution in [-0.2, 0) is 4.74 Å². The molecule has 0 aliphatic carbocycles. The lowest BCUT2D eigenvalue weighted by Crippen LogP contribution is -2.31. The maximum absolute atomic E-state index is 8.84. The van der Waals surface area contributed by atoms with Crippen molar-refractivity contribution in [1.82, 2.24) is 4.90 Å². The van der Waals surface area contributed by atoms with Crippen molar-refractivity contribution in [1.29, 1.82) is 0 Å². The minimum absolute atomic E-state index is 0.223. The van der Waals surface area contributed by atoms with Crippen LogP contribution in [0, 0.1) is 0 Å². The lowest BCUT2D eigenvalue weighted by molar-refractivity contribution is 0.129. The standard InChI is InChI=1S/C10H24N2O2/c1-14-10-8-12(7-9-13)6-4-2-3-5-11/h13H,2-11H2,1H3. The summed E-state index contributed by atoms with van der Waals surface area (Å²) in [6, 6.07) is 0. The summed E-state index contributed by atoms with van der Waals surface area (Å²) in [4.78, 5) is 2.22. The first-order chi connectivity index (χ1) is 6.85. The Bertz CT molecular complexity index is 112. The molecule has 0 amide bonds. The third kappa shape index (κ3) is 8.44. The van der Waals surface area contributed by atoms with Gasteiger partial charge in [-0.05, 0) is 25.9 Å². The van der Waals surface area contributed by atoms with Gasteiger partial charge >= 0.3 is 0 Å². The second kappa shape index (κ2) is 10.9. The summed E-state index contributed by atoms with van der Waals surface area (Å²) in [7, 11) is 1.70. The van der Waals surface area contributed by atoms with Crippen LogP contribution in [0.3, 0.4) is 0 Å². The molecule has 0 saturated carbocycles. The largest absolute Gasteiger partial charge is 0.395 e. The molecular formula is C10H24N2O2. The fraction of sp³-hybridized carbons (Fsp3) is 1.00. The molecule has 3 N–H and O–H groups in total. The number of methoxy groups -OCH3 is 1. The number of unbranched alkanes of at least 4 members (excludes halogenated alkanes) is 2. The predicted octanol–water partition coefficient (Wildman–Crippen LogP) is 0.0561. The van der Waals surface area contributed by atoms with Crippen LogP contribution in [0.2, 0.25) is 0 Å². The van der Waals surface area contributed by atoms with Gasteiger partial charge in [-0.3, -0.25) is 4.90 Å². The monoisotopic (exact) mass is 204 g/mol. The summed E-state index contributed by atoms with van der Waals surface area (Å²) in [5.41, 5.74) is 5.41. The highest BCUT2D eigenvalue weighted by atomic mass is 16.5. The van der Waals surface area contributed by atoms with Gasteiger partial charge in [-0.1, -0.05) is 6.42 Å². The molecule has 0 aromatic heterocycles. The molecule has 0 aromatic carbocycles. The molecule has 0 unspecified atom stereocenters. The molecule has 0 aromatic rings. The Kier molecular flexibility index (Phi) is 10.8. The topological polar surface area (TPSA) is 58.7 Å². The van der Waals surface area contributed by atoms with E-state index in [0.29, 0.717) is 0 Å². The van der Waals surface area contributed by atoms with Crippen molar-refractivity contribution in [3.63, 3.8) is 0 Å². The van der Waals surface area contributed by atoms with E-state index in [1.165, 1.54) is 6.42 Å². The number of hydrogen-bond donors (Lipinski definition) is 2. The van der Waals surface area contributed by atoms with Gasteiger partial charge in [0.1, 0.15) is 0 Å². The molecule has 0 saturated heterocycles. The average Bonchev–Trinajstić information content (AvgIpc) is 2.20. The maximum atomic E-state index is 8.84. The van der Waals surface area contributed by atoms with Crippen LogP contribution >= 0.6 is 0 Å². The van der Waals surface area contributed by atoms with Gasteiger partial charge < -0.3 is 15.6 Å². The molecule has 0 aliphatic heterocycles. The van der Waals surface area contributed by atoms with Crippen molar-refractivity contribution in [2.24, 2.45) is 5.73 Å². The van der Waals surface area contributed by atoms with E-state index in [-0.39, 0.29) is 6.61 Å².